The summed E-state index contributed by atoms with van der Waals surface area (Å²) in [6.45, 7) is 10.5. The number of carbonyl (C=O) groups excluding carboxylic acids is 1. The molecule has 0 aromatic rings. The summed E-state index contributed by atoms with van der Waals surface area (Å²) >= 11 is 0. The highest BCUT2D eigenvalue weighted by Crippen LogP contribution is 2.19. The number of Topliss-reactive ketones (excluding diaryl/α,β-unsaturated/α-hetero) is 1. The first-order valence-electron chi connectivity index (χ1n) is 6.11. The normalized spacial score (nSPS) is 15.9. The average Bonchev–Trinajstić information content (AvgIpc) is 2.13. The zero-order valence-corrected chi connectivity index (χ0v) is 10.9. The van der Waals surface area contributed by atoms with Gasteiger partial charge in [-0.05, 0) is 31.6 Å². The Kier molecular flexibility index (Phi) is 7.37. The Morgan fingerprint density at radius 1 is 1.20 bits per heavy atom. The Morgan fingerprint density at radius 2 is 1.80 bits per heavy atom. The van der Waals surface area contributed by atoms with Gasteiger partial charge in [-0.15, -0.1) is 0 Å². The molecule has 15 heavy (non-hydrogen) atoms. The number of hydrogen-bond acceptors (Lipinski definition) is 1. The van der Waals surface area contributed by atoms with Crippen molar-refractivity contribution in [3.8, 4) is 0 Å². The molecule has 0 bridgehead atoms. The van der Waals surface area contributed by atoms with Gasteiger partial charge in [0.25, 0.3) is 0 Å². The van der Waals surface area contributed by atoms with E-state index in [1.54, 1.807) is 0 Å². The summed E-state index contributed by atoms with van der Waals surface area (Å²) in [6.07, 6.45) is 7.12. The maximum atomic E-state index is 11.7. The van der Waals surface area contributed by atoms with Gasteiger partial charge in [-0.2, -0.15) is 0 Å². The molecule has 0 saturated carbocycles. The quantitative estimate of drug-likeness (QED) is 0.575. The fourth-order valence-electron chi connectivity index (χ4n) is 1.80. The van der Waals surface area contributed by atoms with Crippen LogP contribution in [0, 0.1) is 17.8 Å². The van der Waals surface area contributed by atoms with Crippen molar-refractivity contribution >= 4 is 5.78 Å². The molecule has 0 saturated heterocycles. The van der Waals surface area contributed by atoms with Gasteiger partial charge < -0.3 is 0 Å². The molecule has 2 unspecified atom stereocenters. The van der Waals surface area contributed by atoms with Crippen LogP contribution in [-0.4, -0.2) is 5.78 Å². The molecule has 1 heteroatoms. The number of rotatable bonds is 7. The van der Waals surface area contributed by atoms with Crippen LogP contribution in [0.3, 0.4) is 0 Å². The van der Waals surface area contributed by atoms with E-state index < -0.39 is 0 Å². The van der Waals surface area contributed by atoms with Crippen molar-refractivity contribution in [2.24, 2.45) is 17.8 Å². The number of carbonyl (C=O) groups is 1. The molecule has 1 nitrogen and oxygen atoms in total. The van der Waals surface area contributed by atoms with Crippen LogP contribution < -0.4 is 0 Å². The molecule has 88 valence electrons. The lowest BCUT2D eigenvalue weighted by Gasteiger charge is -2.16. The highest BCUT2D eigenvalue weighted by Gasteiger charge is 2.16. The third-order valence-corrected chi connectivity index (χ3v) is 2.69. The molecular weight excluding hydrogens is 184 g/mol. The van der Waals surface area contributed by atoms with E-state index in [0.717, 1.165) is 19.3 Å². The first kappa shape index (κ1) is 14.4. The smallest absolute Gasteiger partial charge is 0.135 e. The fourth-order valence-corrected chi connectivity index (χ4v) is 1.80. The highest BCUT2D eigenvalue weighted by atomic mass is 16.1. The highest BCUT2D eigenvalue weighted by molar-refractivity contribution is 5.80. The van der Waals surface area contributed by atoms with Crippen molar-refractivity contribution in [1.82, 2.24) is 0 Å². The van der Waals surface area contributed by atoms with E-state index in [0.29, 0.717) is 17.6 Å². The molecule has 0 aromatic carbocycles. The minimum Gasteiger partial charge on any atom is -0.299 e. The minimum atomic E-state index is 0.229. The van der Waals surface area contributed by atoms with Crippen molar-refractivity contribution in [3.05, 3.63) is 12.2 Å². The lowest BCUT2D eigenvalue weighted by molar-refractivity contribution is -0.123. The van der Waals surface area contributed by atoms with E-state index in [2.05, 4.69) is 39.8 Å². The molecule has 0 aliphatic rings. The topological polar surface area (TPSA) is 17.1 Å². The molecule has 0 heterocycles. The predicted molar refractivity (Wildman–Crippen MR) is 66.8 cm³/mol. The number of hydrogen-bond donors (Lipinski definition) is 0. The first-order valence-corrected chi connectivity index (χ1v) is 6.11. The molecule has 0 aliphatic heterocycles. The Hall–Kier alpha value is -0.590. The van der Waals surface area contributed by atoms with Crippen LogP contribution in [0.15, 0.2) is 12.2 Å². The molecular formula is C14H26O. The molecule has 0 fully saturated rings. The predicted octanol–water partition coefficient (Wildman–Crippen LogP) is 4.23. The zero-order chi connectivity index (χ0) is 11.8. The number of allylic oxidation sites excluding steroid dienone is 2. The van der Waals surface area contributed by atoms with E-state index in [1.165, 1.54) is 0 Å². The summed E-state index contributed by atoms with van der Waals surface area (Å²) in [5.41, 5.74) is 0. The molecule has 0 amide bonds. The van der Waals surface area contributed by atoms with Crippen LogP contribution in [0.2, 0.25) is 0 Å². The van der Waals surface area contributed by atoms with Crippen molar-refractivity contribution in [1.29, 1.82) is 0 Å². The van der Waals surface area contributed by atoms with E-state index in [-0.39, 0.29) is 5.92 Å². The minimum absolute atomic E-state index is 0.229. The maximum Gasteiger partial charge on any atom is 0.135 e. The second kappa shape index (κ2) is 7.67. The summed E-state index contributed by atoms with van der Waals surface area (Å²) < 4.78 is 0. The van der Waals surface area contributed by atoms with Crippen LogP contribution in [0.25, 0.3) is 0 Å². The molecule has 0 N–H and O–H groups in total. The molecule has 2 atom stereocenters. The van der Waals surface area contributed by atoms with Gasteiger partial charge in [0.15, 0.2) is 0 Å². The van der Waals surface area contributed by atoms with Gasteiger partial charge in [-0.25, -0.2) is 0 Å². The lowest BCUT2D eigenvalue weighted by Crippen LogP contribution is -2.15. The fraction of sp³-hybridized carbons (Fsp3) is 0.786. The largest absolute Gasteiger partial charge is 0.299 e. The van der Waals surface area contributed by atoms with Gasteiger partial charge in [0.05, 0.1) is 0 Å². The van der Waals surface area contributed by atoms with Gasteiger partial charge in [0.1, 0.15) is 5.78 Å². The molecule has 0 aliphatic carbocycles. The molecule has 0 aromatic heterocycles. The van der Waals surface area contributed by atoms with E-state index >= 15 is 0 Å². The monoisotopic (exact) mass is 210 g/mol. The van der Waals surface area contributed by atoms with E-state index in [9.17, 15) is 4.79 Å². The van der Waals surface area contributed by atoms with Gasteiger partial charge in [0.2, 0.25) is 0 Å². The molecule has 0 radical (unpaired) electrons. The van der Waals surface area contributed by atoms with Gasteiger partial charge in [0, 0.05) is 12.3 Å². The lowest BCUT2D eigenvalue weighted by atomic mass is 9.88. The SMILES string of the molecule is CC=CCC(C)CC(C)C(=O)CC(C)C. The molecule has 0 rings (SSSR count). The zero-order valence-electron chi connectivity index (χ0n) is 10.9. The Labute approximate surface area is 95.0 Å². The van der Waals surface area contributed by atoms with Crippen LogP contribution >= 0.6 is 0 Å². The van der Waals surface area contributed by atoms with Crippen molar-refractivity contribution in [2.45, 2.75) is 53.9 Å². The van der Waals surface area contributed by atoms with Crippen LogP contribution in [0.1, 0.15) is 53.9 Å². The third kappa shape index (κ3) is 7.35. The van der Waals surface area contributed by atoms with E-state index in [4.69, 9.17) is 0 Å². The Morgan fingerprint density at radius 3 is 2.27 bits per heavy atom. The standard InChI is InChI=1S/C14H26O/c1-6-7-8-12(4)10-13(5)14(15)9-11(2)3/h6-7,11-13H,8-10H2,1-5H3. The summed E-state index contributed by atoms with van der Waals surface area (Å²) in [6, 6.07) is 0. The third-order valence-electron chi connectivity index (χ3n) is 2.69. The van der Waals surface area contributed by atoms with Crippen molar-refractivity contribution in [3.63, 3.8) is 0 Å². The van der Waals surface area contributed by atoms with Gasteiger partial charge in [-0.3, -0.25) is 4.79 Å². The molecule has 0 spiro atoms. The maximum absolute atomic E-state index is 11.7. The van der Waals surface area contributed by atoms with Crippen molar-refractivity contribution in [2.75, 3.05) is 0 Å². The van der Waals surface area contributed by atoms with E-state index in [1.807, 2.05) is 6.92 Å². The average molecular weight is 210 g/mol. The van der Waals surface area contributed by atoms with Crippen molar-refractivity contribution < 1.29 is 4.79 Å². The Bertz CT molecular complexity index is 203. The van der Waals surface area contributed by atoms with Gasteiger partial charge in [-0.1, -0.05) is 39.8 Å². The van der Waals surface area contributed by atoms with Crippen LogP contribution in [0.4, 0.5) is 0 Å². The van der Waals surface area contributed by atoms with Crippen LogP contribution in [-0.2, 0) is 4.79 Å². The summed E-state index contributed by atoms with van der Waals surface area (Å²) in [5.74, 6) is 1.77. The summed E-state index contributed by atoms with van der Waals surface area (Å²) in [5, 5.41) is 0. The van der Waals surface area contributed by atoms with Crippen LogP contribution in [0.5, 0.6) is 0 Å². The summed E-state index contributed by atoms with van der Waals surface area (Å²) in [4.78, 5) is 11.7. The number of ketones is 1. The second-order valence-corrected chi connectivity index (χ2v) is 5.11. The van der Waals surface area contributed by atoms with Gasteiger partial charge >= 0.3 is 0 Å². The first-order chi connectivity index (χ1) is 6.97. The Balaban J connectivity index is 3.90. The summed E-state index contributed by atoms with van der Waals surface area (Å²) in [7, 11) is 0. The second-order valence-electron chi connectivity index (χ2n) is 5.11.